The van der Waals surface area contributed by atoms with Gasteiger partial charge >= 0.3 is 0 Å². The maximum Gasteiger partial charge on any atom is 0.161 e. The van der Waals surface area contributed by atoms with E-state index < -0.39 is 0 Å². The Morgan fingerprint density at radius 1 is 1.59 bits per heavy atom. The van der Waals surface area contributed by atoms with Gasteiger partial charge in [0.1, 0.15) is 4.99 Å². The van der Waals surface area contributed by atoms with Crippen molar-refractivity contribution in [2.45, 2.75) is 25.1 Å². The van der Waals surface area contributed by atoms with Crippen LogP contribution in [-0.2, 0) is 0 Å². The first-order chi connectivity index (χ1) is 8.11. The molecular weight excluding hydrogens is 252 g/mol. The molecule has 0 radical (unpaired) electrons. The lowest BCUT2D eigenvalue weighted by atomic mass is 10.1. The lowest BCUT2D eigenvalue weighted by Crippen LogP contribution is -2.46. The second-order valence-electron chi connectivity index (χ2n) is 4.14. The SMILES string of the molecule is CC1SCCN(c2nnccc2C(N)=S)C1C. The van der Waals surface area contributed by atoms with Crippen molar-refractivity contribution in [2.75, 3.05) is 17.2 Å². The second kappa shape index (κ2) is 5.18. The summed E-state index contributed by atoms with van der Waals surface area (Å²) in [5, 5.41) is 8.73. The van der Waals surface area contributed by atoms with E-state index in [-0.39, 0.29) is 0 Å². The zero-order valence-corrected chi connectivity index (χ0v) is 11.6. The number of aromatic nitrogens is 2. The van der Waals surface area contributed by atoms with Gasteiger partial charge in [0.05, 0.1) is 11.8 Å². The molecule has 0 spiro atoms. The molecule has 1 aromatic heterocycles. The van der Waals surface area contributed by atoms with Crippen LogP contribution in [0.1, 0.15) is 19.4 Å². The molecule has 1 aliphatic rings. The molecule has 0 aliphatic carbocycles. The lowest BCUT2D eigenvalue weighted by molar-refractivity contribution is 0.616. The van der Waals surface area contributed by atoms with Crippen LogP contribution in [0.5, 0.6) is 0 Å². The molecule has 1 aromatic rings. The molecule has 4 nitrogen and oxygen atoms in total. The molecule has 1 saturated heterocycles. The summed E-state index contributed by atoms with van der Waals surface area (Å²) in [4.78, 5) is 2.64. The van der Waals surface area contributed by atoms with E-state index in [4.69, 9.17) is 18.0 Å². The zero-order chi connectivity index (χ0) is 12.4. The first kappa shape index (κ1) is 12.6. The van der Waals surface area contributed by atoms with Crippen molar-refractivity contribution in [3.63, 3.8) is 0 Å². The average Bonchev–Trinajstić information content (AvgIpc) is 2.33. The second-order valence-corrected chi connectivity index (χ2v) is 6.07. The number of anilines is 1. The van der Waals surface area contributed by atoms with Gasteiger partial charge in [0.2, 0.25) is 0 Å². The fourth-order valence-corrected chi connectivity index (χ4v) is 3.22. The van der Waals surface area contributed by atoms with Crippen LogP contribution in [0.3, 0.4) is 0 Å². The van der Waals surface area contributed by atoms with Crippen LogP contribution >= 0.6 is 24.0 Å². The molecule has 1 fully saturated rings. The van der Waals surface area contributed by atoms with Crippen molar-refractivity contribution in [3.8, 4) is 0 Å². The summed E-state index contributed by atoms with van der Waals surface area (Å²) in [5.41, 5.74) is 6.55. The molecule has 0 amide bonds. The Bertz CT molecular complexity index is 424. The predicted octanol–water partition coefficient (Wildman–Crippen LogP) is 1.44. The van der Waals surface area contributed by atoms with Crippen molar-refractivity contribution in [3.05, 3.63) is 17.8 Å². The Hall–Kier alpha value is -0.880. The van der Waals surface area contributed by atoms with E-state index in [1.807, 2.05) is 17.8 Å². The highest BCUT2D eigenvalue weighted by atomic mass is 32.2. The Morgan fingerprint density at radius 3 is 3.06 bits per heavy atom. The standard InChI is InChI=1S/C11H16N4S2/c1-7-8(2)17-6-5-15(7)11-9(10(12)16)3-4-13-14-11/h3-4,7-8H,5-6H2,1-2H3,(H2,12,16). The highest BCUT2D eigenvalue weighted by Gasteiger charge is 2.28. The van der Waals surface area contributed by atoms with E-state index in [2.05, 4.69) is 28.9 Å². The van der Waals surface area contributed by atoms with E-state index in [9.17, 15) is 0 Å². The van der Waals surface area contributed by atoms with Crippen LogP contribution in [0.2, 0.25) is 0 Å². The van der Waals surface area contributed by atoms with Crippen LogP contribution in [0.4, 0.5) is 5.82 Å². The molecule has 2 N–H and O–H groups in total. The van der Waals surface area contributed by atoms with Gasteiger partial charge in [0.15, 0.2) is 5.82 Å². The van der Waals surface area contributed by atoms with Crippen LogP contribution < -0.4 is 10.6 Å². The highest BCUT2D eigenvalue weighted by molar-refractivity contribution is 8.00. The number of nitrogens with two attached hydrogens (primary N) is 1. The van der Waals surface area contributed by atoms with Crippen LogP contribution in [0, 0.1) is 0 Å². The lowest BCUT2D eigenvalue weighted by Gasteiger charge is -2.38. The molecule has 0 saturated carbocycles. The van der Waals surface area contributed by atoms with E-state index in [0.29, 0.717) is 16.3 Å². The summed E-state index contributed by atoms with van der Waals surface area (Å²) in [6.07, 6.45) is 1.63. The highest BCUT2D eigenvalue weighted by Crippen LogP contribution is 2.29. The average molecular weight is 268 g/mol. The zero-order valence-electron chi connectivity index (χ0n) is 9.96. The minimum absolute atomic E-state index is 0.382. The summed E-state index contributed by atoms with van der Waals surface area (Å²) >= 11 is 7.05. The normalized spacial score (nSPS) is 24.7. The van der Waals surface area contributed by atoms with Crippen molar-refractivity contribution in [1.82, 2.24) is 10.2 Å². The van der Waals surface area contributed by atoms with Gasteiger partial charge in [-0.1, -0.05) is 19.1 Å². The summed E-state index contributed by atoms with van der Waals surface area (Å²) < 4.78 is 0. The molecule has 1 aliphatic heterocycles. The van der Waals surface area contributed by atoms with Gasteiger partial charge in [0, 0.05) is 23.6 Å². The quantitative estimate of drug-likeness (QED) is 0.819. The van der Waals surface area contributed by atoms with Crippen molar-refractivity contribution in [2.24, 2.45) is 5.73 Å². The Kier molecular flexibility index (Phi) is 3.83. The number of nitrogens with zero attached hydrogens (tertiary/aromatic N) is 3. The smallest absolute Gasteiger partial charge is 0.161 e. The molecular formula is C11H16N4S2. The maximum atomic E-state index is 5.73. The van der Waals surface area contributed by atoms with Crippen LogP contribution in [0.25, 0.3) is 0 Å². The third-order valence-corrected chi connectivity index (χ3v) is 4.68. The Labute approximate surface area is 111 Å². The van der Waals surface area contributed by atoms with Gasteiger partial charge < -0.3 is 10.6 Å². The molecule has 2 rings (SSSR count). The molecule has 0 aromatic carbocycles. The molecule has 6 heteroatoms. The molecule has 2 atom stereocenters. The fraction of sp³-hybridized carbons (Fsp3) is 0.545. The molecule has 17 heavy (non-hydrogen) atoms. The topological polar surface area (TPSA) is 55.0 Å². The molecule has 92 valence electrons. The monoisotopic (exact) mass is 268 g/mol. The first-order valence-electron chi connectivity index (χ1n) is 5.61. The Morgan fingerprint density at radius 2 is 2.35 bits per heavy atom. The molecule has 0 bridgehead atoms. The van der Waals surface area contributed by atoms with E-state index in [1.165, 1.54) is 0 Å². The van der Waals surface area contributed by atoms with Gasteiger partial charge in [-0.15, -0.1) is 5.10 Å². The van der Waals surface area contributed by atoms with Gasteiger partial charge in [-0.2, -0.15) is 16.9 Å². The van der Waals surface area contributed by atoms with E-state index in [0.717, 1.165) is 23.7 Å². The predicted molar refractivity (Wildman–Crippen MR) is 76.6 cm³/mol. The molecule has 2 heterocycles. The summed E-state index contributed by atoms with van der Waals surface area (Å²) in [6.45, 7) is 5.40. The van der Waals surface area contributed by atoms with Crippen molar-refractivity contribution in [1.29, 1.82) is 0 Å². The number of thioether (sulfide) groups is 1. The number of rotatable bonds is 2. The van der Waals surface area contributed by atoms with E-state index >= 15 is 0 Å². The maximum absolute atomic E-state index is 5.73. The number of hydrogen-bond donors (Lipinski definition) is 1. The Balaban J connectivity index is 2.36. The van der Waals surface area contributed by atoms with Gasteiger partial charge in [0.25, 0.3) is 0 Å². The minimum atomic E-state index is 0.382. The summed E-state index contributed by atoms with van der Waals surface area (Å²) in [7, 11) is 0. The van der Waals surface area contributed by atoms with Gasteiger partial charge in [-0.3, -0.25) is 0 Å². The fourth-order valence-electron chi connectivity index (χ4n) is 1.96. The summed E-state index contributed by atoms with van der Waals surface area (Å²) in [5.74, 6) is 1.92. The largest absolute Gasteiger partial charge is 0.389 e. The number of hydrogen-bond acceptors (Lipinski definition) is 5. The van der Waals surface area contributed by atoms with Gasteiger partial charge in [-0.25, -0.2) is 0 Å². The summed E-state index contributed by atoms with van der Waals surface area (Å²) in [6, 6.07) is 2.25. The van der Waals surface area contributed by atoms with Crippen LogP contribution in [0.15, 0.2) is 12.3 Å². The van der Waals surface area contributed by atoms with Crippen molar-refractivity contribution >= 4 is 34.8 Å². The number of thiocarbonyl (C=S) groups is 1. The van der Waals surface area contributed by atoms with Crippen molar-refractivity contribution < 1.29 is 0 Å². The minimum Gasteiger partial charge on any atom is -0.389 e. The first-order valence-corrected chi connectivity index (χ1v) is 7.06. The third-order valence-electron chi connectivity index (χ3n) is 3.12. The van der Waals surface area contributed by atoms with Gasteiger partial charge in [-0.05, 0) is 13.0 Å². The molecule has 2 unspecified atom stereocenters. The third kappa shape index (κ3) is 2.52. The van der Waals surface area contributed by atoms with Crippen LogP contribution in [-0.4, -0.2) is 38.8 Å². The van der Waals surface area contributed by atoms with E-state index in [1.54, 1.807) is 6.20 Å².